The number of amides is 1. The Morgan fingerprint density at radius 1 is 1.10 bits per heavy atom. The minimum Gasteiger partial charge on any atom is -0.493 e. The van der Waals surface area contributed by atoms with Gasteiger partial charge in [-0.3, -0.25) is 4.79 Å². The largest absolute Gasteiger partial charge is 0.493 e. The van der Waals surface area contributed by atoms with Crippen LogP contribution < -0.4 is 14.8 Å². The molecule has 0 radical (unpaired) electrons. The molecule has 1 aromatic heterocycles. The van der Waals surface area contributed by atoms with Gasteiger partial charge >= 0.3 is 0 Å². The van der Waals surface area contributed by atoms with Crippen molar-refractivity contribution in [2.75, 3.05) is 20.8 Å². The molecule has 0 unspecified atom stereocenters. The van der Waals surface area contributed by atoms with E-state index in [9.17, 15) is 4.79 Å². The SMILES string of the molecule is CCc1c(C(C)=CC(=O)NCCc2ccc(OC)c(OC)c2)oc2ccccc12. The highest BCUT2D eigenvalue weighted by Gasteiger charge is 2.14. The summed E-state index contributed by atoms with van der Waals surface area (Å²) in [6.07, 6.45) is 3.15. The second kappa shape index (κ2) is 9.32. The van der Waals surface area contributed by atoms with Gasteiger partial charge in [0.15, 0.2) is 11.5 Å². The predicted octanol–water partition coefficient (Wildman–Crippen LogP) is 4.77. The average Bonchev–Trinajstić information content (AvgIpc) is 3.12. The zero-order valence-electron chi connectivity index (χ0n) is 17.4. The molecular weight excluding hydrogens is 366 g/mol. The van der Waals surface area contributed by atoms with Crippen LogP contribution in [0.15, 0.2) is 53.0 Å². The first-order valence-corrected chi connectivity index (χ1v) is 9.75. The molecule has 0 aliphatic heterocycles. The van der Waals surface area contributed by atoms with Gasteiger partial charge in [-0.1, -0.05) is 31.2 Å². The summed E-state index contributed by atoms with van der Waals surface area (Å²) < 4.78 is 16.6. The number of para-hydroxylation sites is 1. The van der Waals surface area contributed by atoms with Crippen LogP contribution >= 0.6 is 0 Å². The molecule has 2 aromatic carbocycles. The molecule has 0 bridgehead atoms. The Kier molecular flexibility index (Phi) is 6.60. The molecule has 0 atom stereocenters. The average molecular weight is 393 g/mol. The topological polar surface area (TPSA) is 60.7 Å². The number of methoxy groups -OCH3 is 2. The Morgan fingerprint density at radius 3 is 2.59 bits per heavy atom. The normalized spacial score (nSPS) is 11.5. The van der Waals surface area contributed by atoms with E-state index in [1.54, 1.807) is 20.3 Å². The predicted molar refractivity (Wildman–Crippen MR) is 116 cm³/mol. The van der Waals surface area contributed by atoms with Crippen LogP contribution in [-0.2, 0) is 17.6 Å². The van der Waals surface area contributed by atoms with Gasteiger partial charge in [-0.05, 0) is 49.1 Å². The molecule has 0 spiro atoms. The monoisotopic (exact) mass is 393 g/mol. The van der Waals surface area contributed by atoms with E-state index in [1.165, 1.54) is 0 Å². The second-order valence-electron chi connectivity index (χ2n) is 6.82. The van der Waals surface area contributed by atoms with Gasteiger partial charge in [0.25, 0.3) is 0 Å². The number of benzene rings is 2. The molecule has 1 amide bonds. The van der Waals surface area contributed by atoms with Crippen molar-refractivity contribution in [3.8, 4) is 11.5 Å². The van der Waals surface area contributed by atoms with Crippen molar-refractivity contribution in [1.82, 2.24) is 5.32 Å². The smallest absolute Gasteiger partial charge is 0.244 e. The summed E-state index contributed by atoms with van der Waals surface area (Å²) in [6, 6.07) is 13.7. The number of allylic oxidation sites excluding steroid dienone is 1. The third kappa shape index (κ3) is 4.62. The minimum atomic E-state index is -0.134. The Hall–Kier alpha value is -3.21. The summed E-state index contributed by atoms with van der Waals surface area (Å²) in [6.45, 7) is 4.53. The molecule has 29 heavy (non-hydrogen) atoms. The molecular formula is C24H27NO4. The van der Waals surface area contributed by atoms with E-state index in [4.69, 9.17) is 13.9 Å². The molecule has 0 aliphatic carbocycles. The maximum Gasteiger partial charge on any atom is 0.244 e. The van der Waals surface area contributed by atoms with Crippen LogP contribution in [-0.4, -0.2) is 26.7 Å². The van der Waals surface area contributed by atoms with Gasteiger partial charge in [0, 0.05) is 23.6 Å². The summed E-state index contributed by atoms with van der Waals surface area (Å²) >= 11 is 0. The first-order chi connectivity index (χ1) is 14.1. The number of fused-ring (bicyclic) bond motifs is 1. The van der Waals surface area contributed by atoms with Crippen molar-refractivity contribution in [2.24, 2.45) is 0 Å². The van der Waals surface area contributed by atoms with E-state index in [1.807, 2.05) is 43.3 Å². The standard InChI is InChI=1S/C24H27NO4/c1-5-18-19-8-6-7-9-20(19)29-24(18)16(2)14-23(26)25-13-12-17-10-11-21(27-3)22(15-17)28-4/h6-11,14-15H,5,12-13H2,1-4H3,(H,25,26). The number of carbonyl (C=O) groups is 1. The molecule has 5 nitrogen and oxygen atoms in total. The lowest BCUT2D eigenvalue weighted by atomic mass is 10.0. The van der Waals surface area contributed by atoms with Crippen LogP contribution in [0.2, 0.25) is 0 Å². The molecule has 3 aromatic rings. The Balaban J connectivity index is 1.65. The maximum atomic E-state index is 12.4. The molecule has 1 heterocycles. The van der Waals surface area contributed by atoms with E-state index in [2.05, 4.69) is 18.3 Å². The number of furan rings is 1. The summed E-state index contributed by atoms with van der Waals surface area (Å²) in [5.74, 6) is 2.02. The van der Waals surface area contributed by atoms with Gasteiger partial charge in [0.2, 0.25) is 5.91 Å². The summed E-state index contributed by atoms with van der Waals surface area (Å²) in [5.41, 5.74) is 3.87. The van der Waals surface area contributed by atoms with Crippen molar-refractivity contribution < 1.29 is 18.7 Å². The Morgan fingerprint density at radius 2 is 1.86 bits per heavy atom. The van der Waals surface area contributed by atoms with Gasteiger partial charge in [-0.15, -0.1) is 0 Å². The molecule has 1 N–H and O–H groups in total. The highest BCUT2D eigenvalue weighted by atomic mass is 16.5. The fraction of sp³-hybridized carbons (Fsp3) is 0.292. The molecule has 0 saturated heterocycles. The van der Waals surface area contributed by atoms with E-state index >= 15 is 0 Å². The fourth-order valence-electron chi connectivity index (χ4n) is 3.45. The van der Waals surface area contributed by atoms with Crippen LogP contribution in [0.1, 0.15) is 30.7 Å². The second-order valence-corrected chi connectivity index (χ2v) is 6.82. The van der Waals surface area contributed by atoms with E-state index in [0.717, 1.165) is 39.9 Å². The van der Waals surface area contributed by atoms with Gasteiger partial charge < -0.3 is 19.2 Å². The van der Waals surface area contributed by atoms with Gasteiger partial charge in [-0.25, -0.2) is 0 Å². The van der Waals surface area contributed by atoms with E-state index < -0.39 is 0 Å². The third-order valence-corrected chi connectivity index (χ3v) is 4.92. The molecule has 152 valence electrons. The van der Waals surface area contributed by atoms with Crippen molar-refractivity contribution >= 4 is 22.4 Å². The first kappa shape index (κ1) is 20.5. The summed E-state index contributed by atoms with van der Waals surface area (Å²) in [7, 11) is 3.22. The highest BCUT2D eigenvalue weighted by Crippen LogP contribution is 2.31. The van der Waals surface area contributed by atoms with Crippen LogP contribution in [0.5, 0.6) is 11.5 Å². The van der Waals surface area contributed by atoms with Crippen LogP contribution in [0.25, 0.3) is 16.5 Å². The zero-order chi connectivity index (χ0) is 20.8. The van der Waals surface area contributed by atoms with Crippen molar-refractivity contribution in [3.05, 3.63) is 65.4 Å². The lowest BCUT2D eigenvalue weighted by Crippen LogP contribution is -2.23. The summed E-state index contributed by atoms with van der Waals surface area (Å²) in [4.78, 5) is 12.4. The number of hydrogen-bond donors (Lipinski definition) is 1. The van der Waals surface area contributed by atoms with Gasteiger partial charge in [0.05, 0.1) is 14.2 Å². The Labute approximate surface area is 171 Å². The maximum absolute atomic E-state index is 12.4. The van der Waals surface area contributed by atoms with E-state index in [0.29, 0.717) is 24.5 Å². The van der Waals surface area contributed by atoms with E-state index in [-0.39, 0.29) is 5.91 Å². The molecule has 5 heteroatoms. The lowest BCUT2D eigenvalue weighted by Gasteiger charge is -2.10. The molecule has 0 aliphatic rings. The van der Waals surface area contributed by atoms with Crippen LogP contribution in [0, 0.1) is 0 Å². The number of hydrogen-bond acceptors (Lipinski definition) is 4. The molecule has 0 saturated carbocycles. The third-order valence-electron chi connectivity index (χ3n) is 4.92. The lowest BCUT2D eigenvalue weighted by molar-refractivity contribution is -0.116. The first-order valence-electron chi connectivity index (χ1n) is 9.75. The molecule has 3 rings (SSSR count). The number of rotatable bonds is 8. The number of aryl methyl sites for hydroxylation is 1. The van der Waals surface area contributed by atoms with Gasteiger partial charge in [-0.2, -0.15) is 0 Å². The number of carbonyl (C=O) groups excluding carboxylic acids is 1. The van der Waals surface area contributed by atoms with Crippen LogP contribution in [0.4, 0.5) is 0 Å². The quantitative estimate of drug-likeness (QED) is 0.560. The zero-order valence-corrected chi connectivity index (χ0v) is 17.4. The number of nitrogens with one attached hydrogen (secondary N) is 1. The van der Waals surface area contributed by atoms with Crippen molar-refractivity contribution in [2.45, 2.75) is 26.7 Å². The Bertz CT molecular complexity index is 1030. The highest BCUT2D eigenvalue weighted by molar-refractivity contribution is 5.96. The van der Waals surface area contributed by atoms with Crippen molar-refractivity contribution in [1.29, 1.82) is 0 Å². The van der Waals surface area contributed by atoms with Crippen molar-refractivity contribution in [3.63, 3.8) is 0 Å². The van der Waals surface area contributed by atoms with Gasteiger partial charge in [0.1, 0.15) is 11.3 Å². The fourth-order valence-corrected chi connectivity index (χ4v) is 3.45. The van der Waals surface area contributed by atoms with Crippen LogP contribution in [0.3, 0.4) is 0 Å². The minimum absolute atomic E-state index is 0.134. The summed E-state index contributed by atoms with van der Waals surface area (Å²) in [5, 5.41) is 4.04. The number of ether oxygens (including phenoxy) is 2. The molecule has 0 fully saturated rings.